The van der Waals surface area contributed by atoms with Crippen LogP contribution in [-0.4, -0.2) is 20.6 Å². The van der Waals surface area contributed by atoms with Crippen molar-refractivity contribution in [1.29, 1.82) is 0 Å². The molecule has 0 heterocycles. The fraction of sp³-hybridized carbons (Fsp3) is 0.895. The van der Waals surface area contributed by atoms with E-state index in [9.17, 15) is 0 Å². The van der Waals surface area contributed by atoms with Gasteiger partial charge in [-0.1, -0.05) is 83.3 Å². The fourth-order valence-electron chi connectivity index (χ4n) is 2.53. The fourth-order valence-corrected chi connectivity index (χ4v) is 2.53. The van der Waals surface area contributed by atoms with E-state index in [0.29, 0.717) is 0 Å². The zero-order valence-corrected chi connectivity index (χ0v) is 15.7. The van der Waals surface area contributed by atoms with Crippen LogP contribution in [0.25, 0.3) is 0 Å². The summed E-state index contributed by atoms with van der Waals surface area (Å²) >= 11 is 0. The van der Waals surface area contributed by atoms with Crippen molar-refractivity contribution in [1.82, 2.24) is 0 Å². The van der Waals surface area contributed by atoms with Gasteiger partial charge in [0.1, 0.15) is 0 Å². The van der Waals surface area contributed by atoms with Crippen LogP contribution in [0.15, 0.2) is 12.2 Å². The van der Waals surface area contributed by atoms with Crippen LogP contribution < -0.4 is 17.3 Å². The van der Waals surface area contributed by atoms with Gasteiger partial charge in [-0.2, -0.15) is 0 Å². The molecule has 0 aliphatic carbocycles. The second-order valence-corrected chi connectivity index (χ2v) is 6.54. The summed E-state index contributed by atoms with van der Waals surface area (Å²) in [5.74, 6) is 0. The summed E-state index contributed by atoms with van der Waals surface area (Å²) in [6.07, 6.45) is 23.1. The van der Waals surface area contributed by atoms with Gasteiger partial charge in [-0.25, -0.2) is 0 Å². The number of hydrogen-bond donors (Lipinski definition) is 1. The Kier molecular flexibility index (Phi) is 22.1. The summed E-state index contributed by atoms with van der Waals surface area (Å²) in [5.41, 5.74) is 0. The molecule has 1 nitrogen and oxygen atoms in total. The summed E-state index contributed by atoms with van der Waals surface area (Å²) in [5, 5.41) is 0. The minimum atomic E-state index is 0. The summed E-state index contributed by atoms with van der Waals surface area (Å²) in [7, 11) is 4.44. The number of nitrogens with one attached hydrogen (secondary N) is 1. The first kappa shape index (κ1) is 23.3. The van der Waals surface area contributed by atoms with Crippen LogP contribution in [0.4, 0.5) is 0 Å². The number of allylic oxidation sites excluding steroid dienone is 1. The van der Waals surface area contributed by atoms with Gasteiger partial charge in [0.05, 0.1) is 20.6 Å². The van der Waals surface area contributed by atoms with Crippen LogP contribution in [0.2, 0.25) is 0 Å². The summed E-state index contributed by atoms with van der Waals surface area (Å²) in [6, 6.07) is 0. The number of halogens is 1. The SMILES string of the molecule is CCCCCCCCCCCCC/C=C/CC[NH+](C)C.[Cl-]. The monoisotopic (exact) mass is 317 g/mol. The molecule has 0 aromatic rings. The molecule has 21 heavy (non-hydrogen) atoms. The Morgan fingerprint density at radius 2 is 1.05 bits per heavy atom. The zero-order chi connectivity index (χ0) is 14.9. The van der Waals surface area contributed by atoms with Crippen molar-refractivity contribution in [3.63, 3.8) is 0 Å². The van der Waals surface area contributed by atoms with E-state index in [0.717, 1.165) is 0 Å². The topological polar surface area (TPSA) is 4.44 Å². The van der Waals surface area contributed by atoms with Gasteiger partial charge in [0.25, 0.3) is 0 Å². The molecule has 128 valence electrons. The lowest BCUT2D eigenvalue weighted by molar-refractivity contribution is -0.857. The van der Waals surface area contributed by atoms with E-state index < -0.39 is 0 Å². The van der Waals surface area contributed by atoms with Gasteiger partial charge in [-0.05, 0) is 12.8 Å². The molecular weight excluding hydrogens is 278 g/mol. The third-order valence-electron chi connectivity index (χ3n) is 3.95. The lowest BCUT2D eigenvalue weighted by atomic mass is 10.1. The second kappa shape index (κ2) is 20.0. The van der Waals surface area contributed by atoms with Crippen molar-refractivity contribution < 1.29 is 17.3 Å². The molecule has 0 rings (SSSR count). The third kappa shape index (κ3) is 22.4. The average molecular weight is 318 g/mol. The van der Waals surface area contributed by atoms with E-state index in [-0.39, 0.29) is 12.4 Å². The van der Waals surface area contributed by atoms with Crippen molar-refractivity contribution in [3.8, 4) is 0 Å². The number of hydrogen-bond acceptors (Lipinski definition) is 0. The van der Waals surface area contributed by atoms with Crippen LogP contribution in [0.5, 0.6) is 0 Å². The van der Waals surface area contributed by atoms with E-state index in [1.54, 1.807) is 4.90 Å². The van der Waals surface area contributed by atoms with Crippen LogP contribution in [0, 0.1) is 0 Å². The third-order valence-corrected chi connectivity index (χ3v) is 3.95. The van der Waals surface area contributed by atoms with Crippen LogP contribution in [0.3, 0.4) is 0 Å². The van der Waals surface area contributed by atoms with Gasteiger partial charge >= 0.3 is 0 Å². The maximum atomic E-state index is 2.39. The van der Waals surface area contributed by atoms with E-state index >= 15 is 0 Å². The van der Waals surface area contributed by atoms with E-state index in [4.69, 9.17) is 0 Å². The Bertz CT molecular complexity index is 202. The highest BCUT2D eigenvalue weighted by Gasteiger charge is 1.92. The van der Waals surface area contributed by atoms with Crippen molar-refractivity contribution in [2.24, 2.45) is 0 Å². The van der Waals surface area contributed by atoms with Crippen molar-refractivity contribution >= 4 is 0 Å². The molecule has 0 aromatic heterocycles. The molecule has 0 saturated heterocycles. The summed E-state index contributed by atoms with van der Waals surface area (Å²) in [4.78, 5) is 1.55. The smallest absolute Gasteiger partial charge is 0.0801 e. The van der Waals surface area contributed by atoms with E-state index in [1.165, 1.54) is 90.0 Å². The standard InChI is InChI=1S/C19H39N.ClH/c1-4-5-6-7-8-9-10-11-12-13-14-15-16-17-18-19-20(2)3;/h16-17H,4-15,18-19H2,1-3H3;1H/b17-16+;. The van der Waals surface area contributed by atoms with Gasteiger partial charge in [-0.3, -0.25) is 0 Å². The van der Waals surface area contributed by atoms with Crippen molar-refractivity contribution in [2.75, 3.05) is 20.6 Å². The van der Waals surface area contributed by atoms with Gasteiger partial charge in [0, 0.05) is 6.42 Å². The molecule has 0 amide bonds. The maximum Gasteiger partial charge on any atom is 0.0801 e. The van der Waals surface area contributed by atoms with Gasteiger partial charge < -0.3 is 17.3 Å². The molecule has 0 fully saturated rings. The molecule has 2 heteroatoms. The Hall–Kier alpha value is -0.0100. The predicted molar refractivity (Wildman–Crippen MR) is 92.5 cm³/mol. The predicted octanol–water partition coefficient (Wildman–Crippen LogP) is 1.78. The van der Waals surface area contributed by atoms with E-state index in [2.05, 4.69) is 33.2 Å². The lowest BCUT2D eigenvalue weighted by Crippen LogP contribution is -3.05. The summed E-state index contributed by atoms with van der Waals surface area (Å²) < 4.78 is 0. The maximum absolute atomic E-state index is 2.39. The quantitative estimate of drug-likeness (QED) is 0.347. The molecule has 0 unspecified atom stereocenters. The first-order valence-corrected chi connectivity index (χ1v) is 9.21. The Labute approximate surface area is 141 Å². The van der Waals surface area contributed by atoms with Crippen LogP contribution in [-0.2, 0) is 0 Å². The lowest BCUT2D eigenvalue weighted by Gasteiger charge is -2.03. The Morgan fingerprint density at radius 3 is 1.52 bits per heavy atom. The number of rotatable bonds is 15. The molecule has 0 aromatic carbocycles. The molecule has 0 spiro atoms. The zero-order valence-electron chi connectivity index (χ0n) is 14.9. The van der Waals surface area contributed by atoms with E-state index in [1.807, 2.05) is 0 Å². The summed E-state index contributed by atoms with van der Waals surface area (Å²) in [6.45, 7) is 3.55. The highest BCUT2D eigenvalue weighted by Crippen LogP contribution is 2.11. The molecule has 0 aliphatic rings. The first-order valence-electron chi connectivity index (χ1n) is 9.21. The normalized spacial score (nSPS) is 11.2. The molecule has 0 saturated carbocycles. The minimum Gasteiger partial charge on any atom is -1.00 e. The molecule has 0 bridgehead atoms. The van der Waals surface area contributed by atoms with Crippen molar-refractivity contribution in [3.05, 3.63) is 12.2 Å². The Balaban J connectivity index is 0. The molecule has 1 N–H and O–H groups in total. The Morgan fingerprint density at radius 1 is 0.619 bits per heavy atom. The average Bonchev–Trinajstić information content (AvgIpc) is 2.43. The van der Waals surface area contributed by atoms with Crippen LogP contribution in [0.1, 0.15) is 90.4 Å². The molecule has 0 aliphatic heterocycles. The van der Waals surface area contributed by atoms with Gasteiger partial charge in [-0.15, -0.1) is 0 Å². The molecule has 0 radical (unpaired) electrons. The number of quaternary nitrogens is 1. The molecule has 0 atom stereocenters. The van der Waals surface area contributed by atoms with Gasteiger partial charge in [0.15, 0.2) is 0 Å². The van der Waals surface area contributed by atoms with Gasteiger partial charge in [0.2, 0.25) is 0 Å². The molecular formula is C19H40ClN. The first-order chi connectivity index (χ1) is 9.77. The number of unbranched alkanes of at least 4 members (excludes halogenated alkanes) is 11. The van der Waals surface area contributed by atoms with Crippen molar-refractivity contribution in [2.45, 2.75) is 90.4 Å². The van der Waals surface area contributed by atoms with Crippen LogP contribution >= 0.6 is 0 Å². The second-order valence-electron chi connectivity index (χ2n) is 6.54. The minimum absolute atomic E-state index is 0. The highest BCUT2D eigenvalue weighted by atomic mass is 35.5. The largest absolute Gasteiger partial charge is 1.00 e. The highest BCUT2D eigenvalue weighted by molar-refractivity contribution is 4.80.